The third-order valence-electron chi connectivity index (χ3n) is 2.57. The topological polar surface area (TPSA) is 68.7 Å². The molecule has 1 aromatic carbocycles. The van der Waals surface area contributed by atoms with E-state index in [2.05, 4.69) is 9.72 Å². The van der Waals surface area contributed by atoms with Crippen LogP contribution in [-0.2, 0) is 16.1 Å². The predicted molar refractivity (Wildman–Crippen MR) is 80.5 cm³/mol. The molecule has 0 aliphatic heterocycles. The molecule has 1 N–H and O–H groups in total. The van der Waals surface area contributed by atoms with Crippen molar-refractivity contribution in [2.24, 2.45) is 0 Å². The number of hydrogen-bond donors (Lipinski definition) is 1. The number of carbonyl (C=O) groups is 1. The number of aromatic nitrogens is 1. The van der Waals surface area contributed by atoms with E-state index >= 15 is 0 Å². The molecule has 0 saturated carbocycles. The van der Waals surface area contributed by atoms with Gasteiger partial charge in [0.05, 0.1) is 23.9 Å². The first-order valence-electron chi connectivity index (χ1n) is 5.91. The van der Waals surface area contributed by atoms with E-state index in [0.717, 1.165) is 11.3 Å². The summed E-state index contributed by atoms with van der Waals surface area (Å²) in [6, 6.07) is 9.17. The molecule has 7 heteroatoms. The molecule has 0 bridgehead atoms. The van der Waals surface area contributed by atoms with Crippen LogP contribution < -0.4 is 4.74 Å². The molecule has 0 aliphatic rings. The summed E-state index contributed by atoms with van der Waals surface area (Å²) in [7, 11) is 1.23. The van der Waals surface area contributed by atoms with Crippen LogP contribution in [0.1, 0.15) is 10.6 Å². The molecule has 110 valence electrons. The molecule has 0 aliphatic carbocycles. The second-order valence-electron chi connectivity index (χ2n) is 3.88. The number of nitrogens with zero attached hydrogens (tertiary/aromatic N) is 1. The quantitative estimate of drug-likeness (QED) is 0.518. The smallest absolute Gasteiger partial charge is 0.342 e. The Hall–Kier alpha value is -2.05. The minimum atomic E-state index is -0.668. The van der Waals surface area contributed by atoms with Crippen LogP contribution in [0.5, 0.6) is 5.75 Å². The van der Waals surface area contributed by atoms with Gasteiger partial charge in [-0.25, -0.2) is 9.78 Å². The lowest BCUT2D eigenvalue weighted by atomic mass is 10.2. The molecule has 0 spiro atoms. The van der Waals surface area contributed by atoms with Crippen molar-refractivity contribution in [3.05, 3.63) is 51.6 Å². The largest absolute Gasteiger partial charge is 0.515 e. The first-order valence-corrected chi connectivity index (χ1v) is 7.11. The second kappa shape index (κ2) is 7.10. The van der Waals surface area contributed by atoms with Crippen molar-refractivity contribution in [3.63, 3.8) is 0 Å². The van der Waals surface area contributed by atoms with Crippen LogP contribution >= 0.6 is 22.9 Å². The molecule has 0 saturated heterocycles. The van der Waals surface area contributed by atoms with Gasteiger partial charge in [-0.2, -0.15) is 0 Å². The highest BCUT2D eigenvalue weighted by molar-refractivity contribution is 7.17. The molecule has 1 aromatic heterocycles. The number of hydrogen-bond acceptors (Lipinski definition) is 6. The third-order valence-corrected chi connectivity index (χ3v) is 3.80. The Morgan fingerprint density at radius 2 is 2.14 bits per heavy atom. The summed E-state index contributed by atoms with van der Waals surface area (Å²) >= 11 is 6.96. The average Bonchev–Trinajstić information content (AvgIpc) is 2.87. The van der Waals surface area contributed by atoms with Crippen LogP contribution in [0.25, 0.3) is 5.57 Å². The number of esters is 1. The molecule has 5 nitrogen and oxygen atoms in total. The monoisotopic (exact) mass is 325 g/mol. The van der Waals surface area contributed by atoms with Crippen LogP contribution in [0.2, 0.25) is 4.47 Å². The van der Waals surface area contributed by atoms with E-state index in [1.165, 1.54) is 7.11 Å². The minimum absolute atomic E-state index is 0.00596. The van der Waals surface area contributed by atoms with Crippen molar-refractivity contribution in [3.8, 4) is 5.75 Å². The number of methoxy groups -OCH3 is 1. The number of aliphatic hydroxyl groups excluding tert-OH is 1. The standard InChI is InChI=1S/C14H12ClNO4S/c1-19-13(18)10(7-17)12-11(16-14(15)21-12)8-20-9-5-3-2-4-6-9/h2-7,17H,8H2,1H3/b10-7-. The first-order chi connectivity index (χ1) is 10.2. The predicted octanol–water partition coefficient (Wildman–Crippen LogP) is 3.45. The number of thiazole rings is 1. The van der Waals surface area contributed by atoms with Crippen molar-refractivity contribution in [2.45, 2.75) is 6.61 Å². The maximum atomic E-state index is 11.6. The lowest BCUT2D eigenvalue weighted by Gasteiger charge is -2.06. The number of benzene rings is 1. The lowest BCUT2D eigenvalue weighted by molar-refractivity contribution is -0.133. The van der Waals surface area contributed by atoms with E-state index in [1.807, 2.05) is 18.2 Å². The SMILES string of the molecule is COC(=O)/C(=C\O)c1sc(Cl)nc1COc1ccccc1. The average molecular weight is 326 g/mol. The van der Waals surface area contributed by atoms with Crippen LogP contribution in [0.3, 0.4) is 0 Å². The summed E-state index contributed by atoms with van der Waals surface area (Å²) in [6.45, 7) is 0.122. The van der Waals surface area contributed by atoms with Gasteiger partial charge in [-0.3, -0.25) is 0 Å². The minimum Gasteiger partial charge on any atom is -0.515 e. The van der Waals surface area contributed by atoms with Gasteiger partial charge in [-0.15, -0.1) is 11.3 Å². The zero-order valence-corrected chi connectivity index (χ0v) is 12.6. The van der Waals surface area contributed by atoms with E-state index in [1.54, 1.807) is 12.1 Å². The van der Waals surface area contributed by atoms with Crippen LogP contribution in [0.4, 0.5) is 0 Å². The summed E-state index contributed by atoms with van der Waals surface area (Å²) in [5.41, 5.74) is 0.452. The number of halogens is 1. The van der Waals surface area contributed by atoms with E-state index in [0.29, 0.717) is 22.6 Å². The third kappa shape index (κ3) is 3.74. The van der Waals surface area contributed by atoms with Gasteiger partial charge in [0.15, 0.2) is 4.47 Å². The molecule has 2 aromatic rings. The van der Waals surface area contributed by atoms with Gasteiger partial charge in [0.25, 0.3) is 0 Å². The van der Waals surface area contributed by atoms with E-state index in [9.17, 15) is 9.90 Å². The zero-order chi connectivity index (χ0) is 15.2. The molecule has 2 rings (SSSR count). The molecule has 0 fully saturated rings. The zero-order valence-electron chi connectivity index (χ0n) is 11.1. The van der Waals surface area contributed by atoms with Crippen LogP contribution in [-0.4, -0.2) is 23.2 Å². The molecular weight excluding hydrogens is 314 g/mol. The highest BCUT2D eigenvalue weighted by Crippen LogP contribution is 2.30. The number of aliphatic hydroxyl groups is 1. The van der Waals surface area contributed by atoms with Crippen molar-refractivity contribution >= 4 is 34.5 Å². The van der Waals surface area contributed by atoms with Gasteiger partial charge in [0.2, 0.25) is 0 Å². The van der Waals surface area contributed by atoms with Crippen molar-refractivity contribution < 1.29 is 19.4 Å². The first kappa shape index (κ1) is 15.3. The van der Waals surface area contributed by atoms with Crippen LogP contribution in [0.15, 0.2) is 36.6 Å². The fourth-order valence-corrected chi connectivity index (χ4v) is 2.74. The Balaban J connectivity index is 2.22. The fraction of sp³-hybridized carbons (Fsp3) is 0.143. The van der Waals surface area contributed by atoms with Crippen LogP contribution in [0, 0.1) is 0 Å². The van der Waals surface area contributed by atoms with E-state index in [4.69, 9.17) is 16.3 Å². The van der Waals surface area contributed by atoms with Crippen molar-refractivity contribution in [2.75, 3.05) is 7.11 Å². The summed E-state index contributed by atoms with van der Waals surface area (Å²) < 4.78 is 10.4. The van der Waals surface area contributed by atoms with Gasteiger partial charge < -0.3 is 14.6 Å². The van der Waals surface area contributed by atoms with Gasteiger partial charge in [0, 0.05) is 0 Å². The summed E-state index contributed by atoms with van der Waals surface area (Å²) in [5, 5.41) is 9.23. The Morgan fingerprint density at radius 1 is 1.43 bits per heavy atom. The molecule has 1 heterocycles. The van der Waals surface area contributed by atoms with E-state index in [-0.39, 0.29) is 16.6 Å². The summed E-state index contributed by atoms with van der Waals surface area (Å²) in [5.74, 6) is -0.000976. The van der Waals surface area contributed by atoms with Gasteiger partial charge in [-0.1, -0.05) is 29.8 Å². The molecular formula is C14H12ClNO4S. The molecule has 0 unspecified atom stereocenters. The maximum absolute atomic E-state index is 11.6. The normalized spacial score (nSPS) is 11.2. The van der Waals surface area contributed by atoms with Gasteiger partial charge >= 0.3 is 5.97 Å². The summed E-state index contributed by atoms with van der Waals surface area (Å²) in [4.78, 5) is 16.2. The van der Waals surface area contributed by atoms with Gasteiger partial charge in [0.1, 0.15) is 17.9 Å². The fourth-order valence-electron chi connectivity index (χ4n) is 1.61. The van der Waals surface area contributed by atoms with Gasteiger partial charge in [-0.05, 0) is 12.1 Å². The number of rotatable bonds is 5. The number of para-hydroxylation sites is 1. The molecule has 0 atom stereocenters. The van der Waals surface area contributed by atoms with Crippen molar-refractivity contribution in [1.29, 1.82) is 0 Å². The van der Waals surface area contributed by atoms with E-state index < -0.39 is 5.97 Å². The number of carbonyl (C=O) groups excluding carboxylic acids is 1. The van der Waals surface area contributed by atoms with Crippen molar-refractivity contribution in [1.82, 2.24) is 4.98 Å². The summed E-state index contributed by atoms with van der Waals surface area (Å²) in [6.07, 6.45) is 0.682. The Labute approximate surface area is 130 Å². The highest BCUT2D eigenvalue weighted by Gasteiger charge is 2.21. The maximum Gasteiger partial charge on any atom is 0.342 e. The Bertz CT molecular complexity index is 654. The number of ether oxygens (including phenoxy) is 2. The molecule has 0 amide bonds. The molecule has 0 radical (unpaired) electrons. The highest BCUT2D eigenvalue weighted by atomic mass is 35.5. The molecule has 21 heavy (non-hydrogen) atoms. The second-order valence-corrected chi connectivity index (χ2v) is 5.46. The Kier molecular flexibility index (Phi) is 5.19. The Morgan fingerprint density at radius 3 is 2.76 bits per heavy atom. The lowest BCUT2D eigenvalue weighted by Crippen LogP contribution is -2.06.